The SMILES string of the molecule is CC(=O)Nc1ccc(CCN2CCN(c3cccc4cc(C(=O)N(C)C)oc34)CC2)nc1. The smallest absolute Gasteiger partial charge is 0.289 e. The Balaban J connectivity index is 1.35. The molecule has 8 heteroatoms. The van der Waals surface area contributed by atoms with E-state index in [4.69, 9.17) is 4.42 Å². The quantitative estimate of drug-likeness (QED) is 0.641. The number of pyridine rings is 1. The molecule has 0 radical (unpaired) electrons. The first-order valence-electron chi connectivity index (χ1n) is 10.8. The topological polar surface area (TPSA) is 81.9 Å². The number of benzene rings is 1. The maximum atomic E-state index is 12.3. The molecule has 0 bridgehead atoms. The van der Waals surface area contributed by atoms with Gasteiger partial charge in [-0.25, -0.2) is 0 Å². The monoisotopic (exact) mass is 435 g/mol. The molecule has 3 heterocycles. The number of nitrogens with zero attached hydrogens (tertiary/aromatic N) is 4. The van der Waals surface area contributed by atoms with E-state index in [1.807, 2.05) is 30.3 Å². The number of piperazine rings is 1. The summed E-state index contributed by atoms with van der Waals surface area (Å²) in [5, 5.41) is 3.69. The van der Waals surface area contributed by atoms with E-state index >= 15 is 0 Å². The summed E-state index contributed by atoms with van der Waals surface area (Å²) in [7, 11) is 3.45. The Kier molecular flexibility index (Phi) is 6.41. The number of furan rings is 1. The van der Waals surface area contributed by atoms with Gasteiger partial charge in [-0.3, -0.25) is 19.5 Å². The van der Waals surface area contributed by atoms with Gasteiger partial charge in [0.15, 0.2) is 11.3 Å². The lowest BCUT2D eigenvalue weighted by molar-refractivity contribution is -0.114. The summed E-state index contributed by atoms with van der Waals surface area (Å²) < 4.78 is 5.96. The molecule has 8 nitrogen and oxygen atoms in total. The lowest BCUT2D eigenvalue weighted by Crippen LogP contribution is -2.47. The number of rotatable bonds is 6. The van der Waals surface area contributed by atoms with Crippen LogP contribution in [-0.4, -0.2) is 73.4 Å². The van der Waals surface area contributed by atoms with Gasteiger partial charge < -0.3 is 19.5 Å². The normalized spacial score (nSPS) is 14.5. The van der Waals surface area contributed by atoms with E-state index in [9.17, 15) is 9.59 Å². The Morgan fingerprint density at radius 1 is 1.12 bits per heavy atom. The molecule has 1 fully saturated rings. The van der Waals surface area contributed by atoms with Crippen molar-refractivity contribution in [2.45, 2.75) is 13.3 Å². The third-order valence-electron chi connectivity index (χ3n) is 5.68. The fourth-order valence-corrected chi connectivity index (χ4v) is 3.96. The molecule has 0 spiro atoms. The molecule has 0 saturated carbocycles. The van der Waals surface area contributed by atoms with E-state index in [-0.39, 0.29) is 11.8 Å². The fourth-order valence-electron chi connectivity index (χ4n) is 3.96. The summed E-state index contributed by atoms with van der Waals surface area (Å²) in [6.45, 7) is 6.11. The fraction of sp³-hybridized carbons (Fsp3) is 0.375. The standard InChI is InChI=1S/C24H29N5O3/c1-17(30)26-20-8-7-19(25-16-20)9-10-28-11-13-29(14-12-28)21-6-4-5-18-15-22(32-23(18)21)24(31)27(2)3/h4-8,15-16H,9-14H2,1-3H3,(H,26,30). The van der Waals surface area contributed by atoms with Crippen molar-refractivity contribution in [3.05, 3.63) is 54.0 Å². The number of carbonyl (C=O) groups is 2. The van der Waals surface area contributed by atoms with Gasteiger partial charge in [-0.2, -0.15) is 0 Å². The van der Waals surface area contributed by atoms with Crippen LogP contribution in [0, 0.1) is 0 Å². The molecule has 1 aliphatic heterocycles. The molecule has 1 N–H and O–H groups in total. The van der Waals surface area contributed by atoms with Crippen molar-refractivity contribution < 1.29 is 14.0 Å². The summed E-state index contributed by atoms with van der Waals surface area (Å²) in [6, 6.07) is 11.7. The highest BCUT2D eigenvalue weighted by molar-refractivity contribution is 5.99. The van der Waals surface area contributed by atoms with Crippen molar-refractivity contribution in [1.82, 2.24) is 14.8 Å². The highest BCUT2D eigenvalue weighted by Crippen LogP contribution is 2.30. The first-order chi connectivity index (χ1) is 15.4. The van der Waals surface area contributed by atoms with Crippen molar-refractivity contribution in [2.24, 2.45) is 0 Å². The third-order valence-corrected chi connectivity index (χ3v) is 5.68. The molecular weight excluding hydrogens is 406 g/mol. The van der Waals surface area contributed by atoms with Crippen molar-refractivity contribution in [3.63, 3.8) is 0 Å². The van der Waals surface area contributed by atoms with Crippen LogP contribution in [0.3, 0.4) is 0 Å². The average molecular weight is 436 g/mol. The summed E-state index contributed by atoms with van der Waals surface area (Å²) in [4.78, 5) is 34.1. The molecule has 4 rings (SSSR count). The molecule has 168 valence electrons. The van der Waals surface area contributed by atoms with Gasteiger partial charge in [0.25, 0.3) is 5.91 Å². The van der Waals surface area contributed by atoms with E-state index < -0.39 is 0 Å². The minimum Gasteiger partial charge on any atom is -0.449 e. The molecule has 3 aromatic rings. The summed E-state index contributed by atoms with van der Waals surface area (Å²) in [5.74, 6) is 0.145. The highest BCUT2D eigenvalue weighted by Gasteiger charge is 2.22. The molecule has 0 atom stereocenters. The number of fused-ring (bicyclic) bond motifs is 1. The van der Waals surface area contributed by atoms with E-state index in [2.05, 4.69) is 26.2 Å². The van der Waals surface area contributed by atoms with E-state index in [1.165, 1.54) is 11.8 Å². The van der Waals surface area contributed by atoms with Crippen LogP contribution in [0.15, 0.2) is 47.0 Å². The zero-order chi connectivity index (χ0) is 22.7. The first-order valence-corrected chi connectivity index (χ1v) is 10.8. The maximum Gasteiger partial charge on any atom is 0.289 e. The Labute approximate surface area is 187 Å². The number of amides is 2. The highest BCUT2D eigenvalue weighted by atomic mass is 16.3. The van der Waals surface area contributed by atoms with Crippen molar-refractivity contribution in [3.8, 4) is 0 Å². The van der Waals surface area contributed by atoms with Crippen LogP contribution >= 0.6 is 0 Å². The van der Waals surface area contributed by atoms with Crippen molar-refractivity contribution >= 4 is 34.2 Å². The number of aromatic nitrogens is 1. The second-order valence-electron chi connectivity index (χ2n) is 8.30. The minimum atomic E-state index is -0.129. The zero-order valence-corrected chi connectivity index (χ0v) is 18.8. The van der Waals surface area contributed by atoms with Crippen molar-refractivity contribution in [1.29, 1.82) is 0 Å². The Morgan fingerprint density at radius 3 is 2.56 bits per heavy atom. The van der Waals surface area contributed by atoms with Crippen molar-refractivity contribution in [2.75, 3.05) is 57.0 Å². The van der Waals surface area contributed by atoms with Gasteiger partial charge in [-0.05, 0) is 24.3 Å². The number of anilines is 2. The van der Waals surface area contributed by atoms with Gasteiger partial charge in [0.2, 0.25) is 5.91 Å². The van der Waals surface area contributed by atoms with Gasteiger partial charge in [-0.15, -0.1) is 0 Å². The predicted octanol–water partition coefficient (Wildman–Crippen LogP) is 2.85. The Bertz CT molecular complexity index is 1100. The number of para-hydroxylation sites is 1. The predicted molar refractivity (Wildman–Crippen MR) is 125 cm³/mol. The number of nitrogens with one attached hydrogen (secondary N) is 1. The largest absolute Gasteiger partial charge is 0.449 e. The zero-order valence-electron chi connectivity index (χ0n) is 18.8. The molecule has 2 amide bonds. The molecule has 0 unspecified atom stereocenters. The molecule has 2 aromatic heterocycles. The molecule has 1 saturated heterocycles. The van der Waals surface area contributed by atoms with Crippen LogP contribution in [0.25, 0.3) is 11.0 Å². The van der Waals surface area contributed by atoms with E-state index in [1.54, 1.807) is 20.3 Å². The van der Waals surface area contributed by atoms with Crippen LogP contribution in [0.4, 0.5) is 11.4 Å². The molecule has 0 aliphatic carbocycles. The van der Waals surface area contributed by atoms with Crippen LogP contribution in [-0.2, 0) is 11.2 Å². The number of carbonyl (C=O) groups excluding carboxylic acids is 2. The van der Waals surface area contributed by atoms with E-state index in [0.29, 0.717) is 5.76 Å². The van der Waals surface area contributed by atoms with Gasteiger partial charge >= 0.3 is 0 Å². The second-order valence-corrected chi connectivity index (χ2v) is 8.30. The Hall–Kier alpha value is -3.39. The molecule has 1 aromatic carbocycles. The summed E-state index contributed by atoms with van der Waals surface area (Å²) >= 11 is 0. The third kappa shape index (κ3) is 4.91. The van der Waals surface area contributed by atoms with Gasteiger partial charge in [0.05, 0.1) is 17.6 Å². The number of hydrogen-bond acceptors (Lipinski definition) is 6. The Morgan fingerprint density at radius 2 is 1.91 bits per heavy atom. The molecule has 1 aliphatic rings. The summed E-state index contributed by atoms with van der Waals surface area (Å²) in [6.07, 6.45) is 2.57. The van der Waals surface area contributed by atoms with Crippen LogP contribution < -0.4 is 10.2 Å². The lowest BCUT2D eigenvalue weighted by Gasteiger charge is -2.36. The molecular formula is C24H29N5O3. The van der Waals surface area contributed by atoms with Crippen LogP contribution in [0.2, 0.25) is 0 Å². The first kappa shape index (κ1) is 21.8. The number of hydrogen-bond donors (Lipinski definition) is 1. The minimum absolute atomic E-state index is 0.0943. The van der Waals surface area contributed by atoms with Gasteiger partial charge in [0.1, 0.15) is 0 Å². The van der Waals surface area contributed by atoms with Gasteiger partial charge in [0, 0.05) is 71.2 Å². The van der Waals surface area contributed by atoms with E-state index in [0.717, 1.165) is 67.2 Å². The van der Waals surface area contributed by atoms with Crippen LogP contribution in [0.5, 0.6) is 0 Å². The molecule has 32 heavy (non-hydrogen) atoms. The van der Waals surface area contributed by atoms with Crippen LogP contribution in [0.1, 0.15) is 23.2 Å². The average Bonchev–Trinajstić information content (AvgIpc) is 3.22. The maximum absolute atomic E-state index is 12.3. The summed E-state index contributed by atoms with van der Waals surface area (Å²) in [5.41, 5.74) is 3.54. The second kappa shape index (κ2) is 9.40. The van der Waals surface area contributed by atoms with Gasteiger partial charge in [-0.1, -0.05) is 12.1 Å². The lowest BCUT2D eigenvalue weighted by atomic mass is 10.2.